The van der Waals surface area contributed by atoms with E-state index >= 15 is 0 Å². The highest BCUT2D eigenvalue weighted by atomic mass is 16.5. The van der Waals surface area contributed by atoms with Gasteiger partial charge in [-0.1, -0.05) is 44.2 Å². The summed E-state index contributed by atoms with van der Waals surface area (Å²) in [7, 11) is 3.37. The van der Waals surface area contributed by atoms with E-state index in [0.29, 0.717) is 5.92 Å². The van der Waals surface area contributed by atoms with Gasteiger partial charge in [-0.05, 0) is 30.0 Å². The zero-order valence-electron chi connectivity index (χ0n) is 15.7. The summed E-state index contributed by atoms with van der Waals surface area (Å²) in [6, 6.07) is 14.6. The van der Waals surface area contributed by atoms with Gasteiger partial charge in [0.15, 0.2) is 11.5 Å². The second kappa shape index (κ2) is 6.52. The van der Waals surface area contributed by atoms with Gasteiger partial charge in [-0.15, -0.1) is 0 Å². The summed E-state index contributed by atoms with van der Waals surface area (Å²) in [5, 5.41) is 0. The topological polar surface area (TPSA) is 36.3 Å². The molecule has 0 bridgehead atoms. The van der Waals surface area contributed by atoms with Crippen molar-refractivity contribution in [2.24, 2.45) is 0 Å². The lowest BCUT2D eigenvalue weighted by Crippen LogP contribution is -2.13. The third-order valence-corrected chi connectivity index (χ3v) is 5.04. The highest BCUT2D eigenvalue weighted by Gasteiger charge is 2.27. The van der Waals surface area contributed by atoms with Crippen LogP contribution in [0.3, 0.4) is 0 Å². The van der Waals surface area contributed by atoms with E-state index in [1.165, 1.54) is 16.8 Å². The predicted octanol–water partition coefficient (Wildman–Crippen LogP) is 4.91. The molecule has 26 heavy (non-hydrogen) atoms. The summed E-state index contributed by atoms with van der Waals surface area (Å²) in [6.45, 7) is 5.32. The van der Waals surface area contributed by atoms with Crippen LogP contribution in [0.1, 0.15) is 31.0 Å². The molecule has 4 heteroatoms. The minimum absolute atomic E-state index is 0.341. The number of aromatic nitrogens is 2. The Labute approximate surface area is 154 Å². The Kier molecular flexibility index (Phi) is 4.19. The first-order valence-electron chi connectivity index (χ1n) is 9.05. The molecule has 0 spiro atoms. The zero-order chi connectivity index (χ0) is 18.3. The van der Waals surface area contributed by atoms with Crippen molar-refractivity contribution in [1.29, 1.82) is 0 Å². The molecule has 0 N–H and O–H groups in total. The van der Waals surface area contributed by atoms with Gasteiger partial charge in [-0.25, -0.2) is 4.98 Å². The van der Waals surface area contributed by atoms with Crippen LogP contribution in [0.5, 0.6) is 11.5 Å². The zero-order valence-corrected chi connectivity index (χ0v) is 15.7. The number of aryl methyl sites for hydroxylation is 1. The van der Waals surface area contributed by atoms with Gasteiger partial charge in [-0.3, -0.25) is 0 Å². The van der Waals surface area contributed by atoms with Gasteiger partial charge >= 0.3 is 0 Å². The van der Waals surface area contributed by atoms with Crippen molar-refractivity contribution in [1.82, 2.24) is 9.55 Å². The molecule has 0 atom stereocenters. The summed E-state index contributed by atoms with van der Waals surface area (Å²) in [4.78, 5) is 5.05. The standard InChI is InChI=1S/C22H24N2O2/c1-14(2)20-21-17-13-19(26-4)18(25-3)12-16(17)10-11-24(21)22(23-20)15-8-6-5-7-9-15/h5-9,12-14H,10-11H2,1-4H3. The van der Waals surface area contributed by atoms with Gasteiger partial charge in [0.2, 0.25) is 0 Å². The molecule has 4 nitrogen and oxygen atoms in total. The molecule has 0 fully saturated rings. The molecule has 0 aliphatic carbocycles. The third-order valence-electron chi connectivity index (χ3n) is 5.04. The van der Waals surface area contributed by atoms with E-state index in [9.17, 15) is 0 Å². The monoisotopic (exact) mass is 348 g/mol. The van der Waals surface area contributed by atoms with Crippen LogP contribution in [-0.2, 0) is 13.0 Å². The minimum atomic E-state index is 0.341. The first-order chi connectivity index (χ1) is 12.6. The number of ether oxygens (including phenoxy) is 2. The van der Waals surface area contributed by atoms with Crippen molar-refractivity contribution in [3.63, 3.8) is 0 Å². The summed E-state index contributed by atoms with van der Waals surface area (Å²) in [5.41, 5.74) is 5.99. The summed E-state index contributed by atoms with van der Waals surface area (Å²) < 4.78 is 13.4. The molecular weight excluding hydrogens is 324 g/mol. The van der Waals surface area contributed by atoms with E-state index < -0.39 is 0 Å². The maximum atomic E-state index is 5.55. The number of methoxy groups -OCH3 is 2. The minimum Gasteiger partial charge on any atom is -0.493 e. The Hall–Kier alpha value is -2.75. The van der Waals surface area contributed by atoms with Crippen molar-refractivity contribution in [2.75, 3.05) is 14.2 Å². The van der Waals surface area contributed by atoms with Crippen LogP contribution < -0.4 is 9.47 Å². The number of hydrogen-bond donors (Lipinski definition) is 0. The van der Waals surface area contributed by atoms with Crippen LogP contribution in [0.4, 0.5) is 0 Å². The molecule has 0 saturated heterocycles. The fourth-order valence-electron chi connectivity index (χ4n) is 3.76. The van der Waals surface area contributed by atoms with Gasteiger partial charge in [0.1, 0.15) is 5.82 Å². The molecule has 2 aromatic carbocycles. The van der Waals surface area contributed by atoms with Crippen LogP contribution in [-0.4, -0.2) is 23.8 Å². The normalized spacial score (nSPS) is 12.7. The SMILES string of the molecule is COc1cc2c(cc1OC)-c1c(C(C)C)nc(-c3ccccc3)n1CC2. The predicted molar refractivity (Wildman–Crippen MR) is 104 cm³/mol. The first kappa shape index (κ1) is 16.7. The average molecular weight is 348 g/mol. The van der Waals surface area contributed by atoms with Crippen LogP contribution in [0.15, 0.2) is 42.5 Å². The molecule has 134 valence electrons. The van der Waals surface area contributed by atoms with Crippen molar-refractivity contribution >= 4 is 0 Å². The summed E-state index contributed by atoms with van der Waals surface area (Å²) in [6.07, 6.45) is 0.955. The molecule has 0 saturated carbocycles. The largest absolute Gasteiger partial charge is 0.493 e. The lowest BCUT2D eigenvalue weighted by molar-refractivity contribution is 0.354. The Morgan fingerprint density at radius 2 is 1.69 bits per heavy atom. The van der Waals surface area contributed by atoms with Crippen LogP contribution in [0, 0.1) is 0 Å². The van der Waals surface area contributed by atoms with E-state index in [4.69, 9.17) is 14.5 Å². The van der Waals surface area contributed by atoms with E-state index in [1.54, 1.807) is 14.2 Å². The highest BCUT2D eigenvalue weighted by Crippen LogP contribution is 2.43. The number of nitrogens with zero attached hydrogens (tertiary/aromatic N) is 2. The Morgan fingerprint density at radius 3 is 2.35 bits per heavy atom. The molecule has 0 amide bonds. The van der Waals surface area contributed by atoms with E-state index in [2.05, 4.69) is 54.8 Å². The van der Waals surface area contributed by atoms with Gasteiger partial charge < -0.3 is 14.0 Å². The fraction of sp³-hybridized carbons (Fsp3) is 0.318. The molecule has 0 radical (unpaired) electrons. The van der Waals surface area contributed by atoms with Crippen LogP contribution in [0.2, 0.25) is 0 Å². The summed E-state index contributed by atoms with van der Waals surface area (Å²) >= 11 is 0. The molecule has 1 aliphatic rings. The Balaban J connectivity index is 1.97. The second-order valence-electron chi connectivity index (χ2n) is 6.96. The Morgan fingerprint density at radius 1 is 1.00 bits per heavy atom. The molecule has 2 heterocycles. The molecule has 0 unspecified atom stereocenters. The lowest BCUT2D eigenvalue weighted by Gasteiger charge is -2.23. The number of rotatable bonds is 4. The van der Waals surface area contributed by atoms with E-state index in [0.717, 1.165) is 41.5 Å². The summed E-state index contributed by atoms with van der Waals surface area (Å²) in [5.74, 6) is 2.93. The Bertz CT molecular complexity index is 943. The van der Waals surface area contributed by atoms with Crippen molar-refractivity contribution in [2.45, 2.75) is 32.7 Å². The third kappa shape index (κ3) is 2.57. The maximum Gasteiger partial charge on any atom is 0.161 e. The fourth-order valence-corrected chi connectivity index (χ4v) is 3.76. The van der Waals surface area contributed by atoms with Gasteiger partial charge in [0.05, 0.1) is 25.6 Å². The molecule has 1 aromatic heterocycles. The number of fused-ring (bicyclic) bond motifs is 3. The van der Waals surface area contributed by atoms with Crippen molar-refractivity contribution in [3.8, 4) is 34.1 Å². The maximum absolute atomic E-state index is 5.55. The molecule has 1 aliphatic heterocycles. The molecule has 4 rings (SSSR count). The van der Waals surface area contributed by atoms with Gasteiger partial charge in [0.25, 0.3) is 0 Å². The molecule has 3 aromatic rings. The molecular formula is C22H24N2O2. The van der Waals surface area contributed by atoms with Crippen molar-refractivity contribution < 1.29 is 9.47 Å². The van der Waals surface area contributed by atoms with E-state index in [1.807, 2.05) is 6.07 Å². The first-order valence-corrected chi connectivity index (χ1v) is 9.05. The highest BCUT2D eigenvalue weighted by molar-refractivity contribution is 5.76. The second-order valence-corrected chi connectivity index (χ2v) is 6.96. The van der Waals surface area contributed by atoms with Crippen molar-refractivity contribution in [3.05, 3.63) is 53.7 Å². The van der Waals surface area contributed by atoms with Gasteiger partial charge in [0, 0.05) is 17.7 Å². The average Bonchev–Trinajstić information content (AvgIpc) is 3.07. The van der Waals surface area contributed by atoms with Crippen LogP contribution in [0.25, 0.3) is 22.6 Å². The lowest BCUT2D eigenvalue weighted by atomic mass is 9.93. The smallest absolute Gasteiger partial charge is 0.161 e. The number of hydrogen-bond acceptors (Lipinski definition) is 3. The quantitative estimate of drug-likeness (QED) is 0.672. The van der Waals surface area contributed by atoms with E-state index in [-0.39, 0.29) is 0 Å². The number of imidazole rings is 1. The van der Waals surface area contributed by atoms with Gasteiger partial charge in [-0.2, -0.15) is 0 Å². The number of benzene rings is 2. The van der Waals surface area contributed by atoms with Crippen LogP contribution >= 0.6 is 0 Å².